The molecule has 0 aliphatic heterocycles. The lowest BCUT2D eigenvalue weighted by Crippen LogP contribution is -2.67. The summed E-state index contributed by atoms with van der Waals surface area (Å²) in [5.41, 5.74) is 0.633. The van der Waals surface area contributed by atoms with E-state index in [0.29, 0.717) is 5.02 Å². The minimum absolute atomic E-state index is 0.243. The molecule has 0 radical (unpaired) electrons. The van der Waals surface area contributed by atoms with Crippen molar-refractivity contribution in [3.05, 3.63) is 34.9 Å². The van der Waals surface area contributed by atoms with Gasteiger partial charge in [-0.2, -0.15) is 0 Å². The Morgan fingerprint density at radius 3 is 2.12 bits per heavy atom. The van der Waals surface area contributed by atoms with Gasteiger partial charge in [-0.25, -0.2) is 0 Å². The Labute approximate surface area is 96.9 Å². The molecule has 0 unspecified atom stereocenters. The second kappa shape index (κ2) is 2.78. The standard InChI is InChI=1S/C11H10BClF3/c13-9-4-2-1-3-8(9)10-5-11(6-10,7-10)12(14,15)16/h1-4H,5-7H2/q-1. The maximum atomic E-state index is 12.7. The Kier molecular flexibility index (Phi) is 1.83. The van der Waals surface area contributed by atoms with E-state index >= 15 is 0 Å². The summed E-state index contributed by atoms with van der Waals surface area (Å²) in [5, 5.41) is -0.732. The summed E-state index contributed by atoms with van der Waals surface area (Å²) >= 11 is 6.03. The molecule has 0 aromatic heterocycles. The van der Waals surface area contributed by atoms with Gasteiger partial charge in [0, 0.05) is 5.02 Å². The summed E-state index contributed by atoms with van der Waals surface area (Å²) in [4.78, 5) is 0. The first kappa shape index (κ1) is 10.5. The normalized spacial score (nSPS) is 36.5. The lowest BCUT2D eigenvalue weighted by molar-refractivity contribution is -0.0399. The molecule has 0 nitrogen and oxygen atoms in total. The van der Waals surface area contributed by atoms with Crippen LogP contribution in [-0.4, -0.2) is 6.98 Å². The van der Waals surface area contributed by atoms with Gasteiger partial charge in [-0.1, -0.05) is 54.4 Å². The molecular weight excluding hydrogens is 235 g/mol. The quantitative estimate of drug-likeness (QED) is 0.679. The molecular formula is C11H10BClF3-. The Balaban J connectivity index is 1.87. The van der Waals surface area contributed by atoms with Gasteiger partial charge < -0.3 is 12.9 Å². The summed E-state index contributed by atoms with van der Waals surface area (Å²) in [6.07, 6.45) is 0.730. The van der Waals surface area contributed by atoms with Crippen molar-refractivity contribution < 1.29 is 12.9 Å². The predicted octanol–water partition coefficient (Wildman–Crippen LogP) is 4.36. The van der Waals surface area contributed by atoms with Gasteiger partial charge in [0.15, 0.2) is 0 Å². The summed E-state index contributed by atoms with van der Waals surface area (Å²) in [6, 6.07) is 7.26. The zero-order valence-corrected chi connectivity index (χ0v) is 9.28. The predicted molar refractivity (Wildman–Crippen MR) is 58.8 cm³/mol. The van der Waals surface area contributed by atoms with Gasteiger partial charge in [0.05, 0.1) is 0 Å². The van der Waals surface area contributed by atoms with Crippen LogP contribution in [0.1, 0.15) is 24.8 Å². The highest BCUT2D eigenvalue weighted by Crippen LogP contribution is 2.82. The summed E-state index contributed by atoms with van der Waals surface area (Å²) in [6.45, 7) is -4.69. The Hall–Kier alpha value is -0.635. The molecule has 16 heavy (non-hydrogen) atoms. The van der Waals surface area contributed by atoms with E-state index in [-0.39, 0.29) is 24.7 Å². The van der Waals surface area contributed by atoms with E-state index in [4.69, 9.17) is 11.6 Å². The van der Waals surface area contributed by atoms with Crippen LogP contribution in [-0.2, 0) is 5.41 Å². The molecule has 3 saturated carbocycles. The van der Waals surface area contributed by atoms with Gasteiger partial charge in [-0.15, -0.1) is 0 Å². The smallest absolute Gasteiger partial charge is 0.449 e. The molecule has 86 valence electrons. The Morgan fingerprint density at radius 2 is 1.62 bits per heavy atom. The average Bonchev–Trinajstić information content (AvgIpc) is 2.00. The zero-order chi connectivity index (χ0) is 11.6. The van der Waals surface area contributed by atoms with E-state index in [1.165, 1.54) is 0 Å². The maximum Gasteiger partial charge on any atom is 0.484 e. The van der Waals surface area contributed by atoms with Crippen LogP contribution in [0.4, 0.5) is 12.9 Å². The van der Waals surface area contributed by atoms with Gasteiger partial charge in [-0.3, -0.25) is 0 Å². The molecule has 4 rings (SSSR count). The van der Waals surface area contributed by atoms with Crippen LogP contribution in [0.25, 0.3) is 0 Å². The second-order valence-corrected chi connectivity index (χ2v) is 5.63. The molecule has 3 fully saturated rings. The number of halogens is 4. The van der Waals surface area contributed by atoms with Crippen LogP contribution in [0, 0.1) is 0 Å². The number of hydrogen-bond donors (Lipinski definition) is 0. The molecule has 0 amide bonds. The monoisotopic (exact) mass is 245 g/mol. The van der Waals surface area contributed by atoms with Crippen molar-refractivity contribution in [2.24, 2.45) is 0 Å². The average molecular weight is 245 g/mol. The van der Waals surface area contributed by atoms with Gasteiger partial charge >= 0.3 is 6.98 Å². The van der Waals surface area contributed by atoms with Crippen molar-refractivity contribution >= 4 is 18.6 Å². The molecule has 5 heteroatoms. The Bertz CT molecular complexity index is 435. The SMILES string of the molecule is F[B-](F)(F)C12CC(c3ccccc3Cl)(C1)C2. The van der Waals surface area contributed by atoms with Gasteiger partial charge in [0.25, 0.3) is 0 Å². The van der Waals surface area contributed by atoms with Gasteiger partial charge in [0.2, 0.25) is 0 Å². The summed E-state index contributed by atoms with van der Waals surface area (Å²) < 4.78 is 38.2. The Morgan fingerprint density at radius 1 is 1.06 bits per heavy atom. The maximum absolute atomic E-state index is 12.7. The number of rotatable bonds is 2. The van der Waals surface area contributed by atoms with Gasteiger partial charge in [-0.05, 0) is 17.0 Å². The van der Waals surface area contributed by atoms with Crippen molar-refractivity contribution in [1.82, 2.24) is 0 Å². The number of hydrogen-bond acceptors (Lipinski definition) is 0. The summed E-state index contributed by atoms with van der Waals surface area (Å²) in [7, 11) is 0. The van der Waals surface area contributed by atoms with Crippen molar-refractivity contribution in [2.75, 3.05) is 0 Å². The van der Waals surface area contributed by atoms with Crippen molar-refractivity contribution in [3.8, 4) is 0 Å². The van der Waals surface area contributed by atoms with E-state index in [0.717, 1.165) is 5.56 Å². The van der Waals surface area contributed by atoms with Gasteiger partial charge in [0.1, 0.15) is 0 Å². The fourth-order valence-electron chi connectivity index (χ4n) is 3.39. The fraction of sp³-hybridized carbons (Fsp3) is 0.455. The minimum atomic E-state index is -4.69. The van der Waals surface area contributed by atoms with Crippen molar-refractivity contribution in [3.63, 3.8) is 0 Å². The fourth-order valence-corrected chi connectivity index (χ4v) is 3.73. The molecule has 0 heterocycles. The molecule has 0 spiro atoms. The van der Waals surface area contributed by atoms with E-state index in [1.807, 2.05) is 12.1 Å². The lowest BCUT2D eigenvalue weighted by Gasteiger charge is -2.75. The highest BCUT2D eigenvalue weighted by Gasteiger charge is 2.74. The third kappa shape index (κ3) is 1.09. The van der Waals surface area contributed by atoms with Crippen LogP contribution in [0.3, 0.4) is 0 Å². The molecule has 0 saturated heterocycles. The summed E-state index contributed by atoms with van der Waals surface area (Å²) in [5.74, 6) is 0. The lowest BCUT2D eigenvalue weighted by atomic mass is 9.23. The second-order valence-electron chi connectivity index (χ2n) is 5.23. The van der Waals surface area contributed by atoms with Crippen molar-refractivity contribution in [1.29, 1.82) is 0 Å². The van der Waals surface area contributed by atoms with E-state index in [2.05, 4.69) is 0 Å². The first-order valence-corrected chi connectivity index (χ1v) is 5.71. The third-order valence-corrected chi connectivity index (χ3v) is 4.54. The molecule has 3 aliphatic rings. The molecule has 1 aromatic rings. The van der Waals surface area contributed by atoms with E-state index in [1.54, 1.807) is 12.1 Å². The van der Waals surface area contributed by atoms with Crippen LogP contribution in [0.15, 0.2) is 24.3 Å². The molecule has 2 bridgehead atoms. The highest BCUT2D eigenvalue weighted by molar-refractivity contribution is 6.63. The first-order chi connectivity index (χ1) is 7.39. The van der Waals surface area contributed by atoms with Crippen LogP contribution < -0.4 is 0 Å². The molecule has 0 N–H and O–H groups in total. The van der Waals surface area contributed by atoms with E-state index in [9.17, 15) is 12.9 Å². The van der Waals surface area contributed by atoms with E-state index < -0.39 is 12.3 Å². The topological polar surface area (TPSA) is 0 Å². The first-order valence-electron chi connectivity index (χ1n) is 5.33. The largest absolute Gasteiger partial charge is 0.484 e. The molecule has 1 aromatic carbocycles. The molecule has 0 atom stereocenters. The number of benzene rings is 1. The van der Waals surface area contributed by atoms with Crippen molar-refractivity contribution in [2.45, 2.75) is 30.0 Å². The van der Waals surface area contributed by atoms with Crippen LogP contribution >= 0.6 is 11.6 Å². The van der Waals surface area contributed by atoms with Crippen LogP contribution in [0.2, 0.25) is 10.3 Å². The third-order valence-electron chi connectivity index (χ3n) is 4.21. The highest BCUT2D eigenvalue weighted by atomic mass is 35.5. The molecule has 3 aliphatic carbocycles. The van der Waals surface area contributed by atoms with Crippen LogP contribution in [0.5, 0.6) is 0 Å². The zero-order valence-electron chi connectivity index (χ0n) is 8.52. The minimum Gasteiger partial charge on any atom is -0.449 e.